The maximum Gasteiger partial charge on any atom is 0.239 e. The Morgan fingerprint density at radius 2 is 2.06 bits per heavy atom. The number of carbonyl (C=O) groups excluding carboxylic acids is 2. The second-order valence-corrected chi connectivity index (χ2v) is 8.72. The van der Waals surface area contributed by atoms with Gasteiger partial charge in [-0.05, 0) is 44.5 Å². The lowest BCUT2D eigenvalue weighted by molar-refractivity contribution is -0.126. The molecule has 3 atom stereocenters. The molecule has 7 nitrogen and oxygen atoms in total. The highest BCUT2D eigenvalue weighted by Gasteiger charge is 2.44. The van der Waals surface area contributed by atoms with Crippen LogP contribution in [0.1, 0.15) is 36.1 Å². The molecule has 2 fully saturated rings. The molecule has 0 aliphatic carbocycles. The Morgan fingerprint density at radius 3 is 2.81 bits per heavy atom. The van der Waals surface area contributed by atoms with E-state index in [4.69, 9.17) is 4.42 Å². The summed E-state index contributed by atoms with van der Waals surface area (Å²) >= 11 is 0. The van der Waals surface area contributed by atoms with Crippen molar-refractivity contribution in [2.75, 3.05) is 20.1 Å². The molecule has 3 heterocycles. The van der Waals surface area contributed by atoms with Gasteiger partial charge in [0.1, 0.15) is 11.8 Å². The van der Waals surface area contributed by atoms with Gasteiger partial charge in [-0.3, -0.25) is 19.4 Å². The van der Waals surface area contributed by atoms with Crippen molar-refractivity contribution in [3.05, 3.63) is 59.5 Å². The molecular formula is C24H32N4O3. The number of likely N-dealkylation sites (N-methyl/N-ethyl adjacent to an activating group) is 1. The van der Waals surface area contributed by atoms with Gasteiger partial charge < -0.3 is 15.1 Å². The monoisotopic (exact) mass is 424 g/mol. The van der Waals surface area contributed by atoms with Gasteiger partial charge >= 0.3 is 0 Å². The van der Waals surface area contributed by atoms with E-state index in [1.54, 1.807) is 6.26 Å². The Bertz CT molecular complexity index is 881. The Morgan fingerprint density at radius 1 is 1.26 bits per heavy atom. The molecule has 1 aromatic heterocycles. The summed E-state index contributed by atoms with van der Waals surface area (Å²) in [5.41, 5.74) is 2.47. The standard InChI is InChI=1S/C24H32N4O3/c1-17-5-7-18(8-6-17)16-28-12-11-21-23(28)24(30)26-14-19(27(21)2)9-10-22(29)25-15-20-4-3-13-31-20/h3-8,13,19,21,23H,9-12,14-16H2,1-2H3,(H,25,29)(H,26,30). The largest absolute Gasteiger partial charge is 0.467 e. The van der Waals surface area contributed by atoms with Gasteiger partial charge in [0.2, 0.25) is 11.8 Å². The number of benzene rings is 1. The molecule has 31 heavy (non-hydrogen) atoms. The summed E-state index contributed by atoms with van der Waals surface area (Å²) in [6.07, 6.45) is 3.70. The van der Waals surface area contributed by atoms with E-state index in [9.17, 15) is 9.59 Å². The summed E-state index contributed by atoms with van der Waals surface area (Å²) in [5.74, 6) is 0.852. The average molecular weight is 425 g/mol. The van der Waals surface area contributed by atoms with E-state index in [-0.39, 0.29) is 29.9 Å². The van der Waals surface area contributed by atoms with Gasteiger partial charge in [0.05, 0.1) is 12.8 Å². The Balaban J connectivity index is 1.33. The molecule has 7 heteroatoms. The van der Waals surface area contributed by atoms with Crippen LogP contribution in [0, 0.1) is 6.92 Å². The molecule has 2 N–H and O–H groups in total. The number of furan rings is 1. The van der Waals surface area contributed by atoms with Crippen LogP contribution in [-0.4, -0.2) is 59.9 Å². The van der Waals surface area contributed by atoms with Crippen molar-refractivity contribution < 1.29 is 14.0 Å². The van der Waals surface area contributed by atoms with Crippen LogP contribution < -0.4 is 10.6 Å². The number of carbonyl (C=O) groups is 2. The zero-order chi connectivity index (χ0) is 21.8. The number of amides is 2. The summed E-state index contributed by atoms with van der Waals surface area (Å²) in [6, 6.07) is 12.4. The molecular weight excluding hydrogens is 392 g/mol. The van der Waals surface area contributed by atoms with Gasteiger partial charge in [-0.25, -0.2) is 0 Å². The Hall–Kier alpha value is -2.64. The third-order valence-electron chi connectivity index (χ3n) is 6.60. The van der Waals surface area contributed by atoms with E-state index < -0.39 is 0 Å². The topological polar surface area (TPSA) is 77.8 Å². The maximum absolute atomic E-state index is 12.9. The summed E-state index contributed by atoms with van der Waals surface area (Å²) in [7, 11) is 2.10. The van der Waals surface area contributed by atoms with Gasteiger partial charge in [-0.15, -0.1) is 0 Å². The molecule has 2 aliphatic heterocycles. The number of aryl methyl sites for hydroxylation is 1. The fourth-order valence-electron chi connectivity index (χ4n) is 4.74. The first-order valence-electron chi connectivity index (χ1n) is 11.1. The second kappa shape index (κ2) is 9.66. The van der Waals surface area contributed by atoms with Crippen LogP contribution in [0.15, 0.2) is 47.1 Å². The number of fused-ring (bicyclic) bond motifs is 1. The highest BCUT2D eigenvalue weighted by atomic mass is 16.3. The SMILES string of the molecule is Cc1ccc(CN2CCC3C2C(=O)NCC(CCC(=O)NCc2ccco2)N3C)cc1. The van der Waals surface area contributed by atoms with Crippen LogP contribution >= 0.6 is 0 Å². The van der Waals surface area contributed by atoms with Gasteiger partial charge in [0.15, 0.2) is 0 Å². The zero-order valence-corrected chi connectivity index (χ0v) is 18.3. The number of nitrogens with zero attached hydrogens (tertiary/aromatic N) is 2. The Kier molecular flexibility index (Phi) is 6.73. The summed E-state index contributed by atoms with van der Waals surface area (Å²) in [5, 5.41) is 6.03. The van der Waals surface area contributed by atoms with Gasteiger partial charge in [-0.1, -0.05) is 29.8 Å². The number of nitrogens with one attached hydrogen (secondary N) is 2. The van der Waals surface area contributed by atoms with Crippen molar-refractivity contribution in [2.45, 2.75) is 57.4 Å². The summed E-state index contributed by atoms with van der Waals surface area (Å²) < 4.78 is 5.25. The minimum Gasteiger partial charge on any atom is -0.467 e. The zero-order valence-electron chi connectivity index (χ0n) is 18.3. The van der Waals surface area contributed by atoms with Crippen molar-refractivity contribution in [1.82, 2.24) is 20.4 Å². The molecule has 1 aromatic carbocycles. The highest BCUT2D eigenvalue weighted by Crippen LogP contribution is 2.28. The van der Waals surface area contributed by atoms with Crippen LogP contribution in [0.5, 0.6) is 0 Å². The number of hydrogen-bond acceptors (Lipinski definition) is 5. The van der Waals surface area contributed by atoms with Crippen molar-refractivity contribution in [2.24, 2.45) is 0 Å². The van der Waals surface area contributed by atoms with Crippen LogP contribution in [0.4, 0.5) is 0 Å². The predicted octanol–water partition coefficient (Wildman–Crippen LogP) is 2.06. The molecule has 0 saturated carbocycles. The smallest absolute Gasteiger partial charge is 0.239 e. The van der Waals surface area contributed by atoms with E-state index in [1.807, 2.05) is 12.1 Å². The molecule has 3 unspecified atom stereocenters. The molecule has 2 aromatic rings. The molecule has 0 radical (unpaired) electrons. The fourth-order valence-corrected chi connectivity index (χ4v) is 4.74. The van der Waals surface area contributed by atoms with E-state index >= 15 is 0 Å². The first-order chi connectivity index (χ1) is 15.0. The lowest BCUT2D eigenvalue weighted by atomic mass is 10.0. The van der Waals surface area contributed by atoms with Gasteiger partial charge in [0, 0.05) is 38.1 Å². The second-order valence-electron chi connectivity index (χ2n) is 8.72. The van der Waals surface area contributed by atoms with Crippen LogP contribution in [0.3, 0.4) is 0 Å². The Labute approximate surface area is 183 Å². The molecule has 2 amide bonds. The van der Waals surface area contributed by atoms with E-state index in [0.717, 1.165) is 25.3 Å². The first-order valence-corrected chi connectivity index (χ1v) is 11.1. The number of likely N-dealkylation sites (tertiary alicyclic amines) is 1. The van der Waals surface area contributed by atoms with Crippen molar-refractivity contribution in [3.63, 3.8) is 0 Å². The van der Waals surface area contributed by atoms with Crippen molar-refractivity contribution >= 4 is 11.8 Å². The van der Waals surface area contributed by atoms with E-state index in [0.29, 0.717) is 25.9 Å². The van der Waals surface area contributed by atoms with E-state index in [1.165, 1.54) is 11.1 Å². The molecule has 2 saturated heterocycles. The van der Waals surface area contributed by atoms with E-state index in [2.05, 4.69) is 58.7 Å². The lowest BCUT2D eigenvalue weighted by Crippen LogP contribution is -2.49. The highest BCUT2D eigenvalue weighted by molar-refractivity contribution is 5.83. The van der Waals surface area contributed by atoms with Crippen LogP contribution in [-0.2, 0) is 22.7 Å². The molecule has 0 spiro atoms. The average Bonchev–Trinajstić information content (AvgIpc) is 3.41. The molecule has 2 aliphatic rings. The molecule has 0 bridgehead atoms. The third kappa shape index (κ3) is 5.17. The minimum absolute atomic E-state index is 0.00402. The maximum atomic E-state index is 12.9. The molecule has 4 rings (SSSR count). The van der Waals surface area contributed by atoms with Gasteiger partial charge in [0.25, 0.3) is 0 Å². The normalized spacial score (nSPS) is 24.5. The number of hydrogen-bond donors (Lipinski definition) is 2. The third-order valence-corrected chi connectivity index (χ3v) is 6.60. The predicted molar refractivity (Wildman–Crippen MR) is 118 cm³/mol. The van der Waals surface area contributed by atoms with Crippen molar-refractivity contribution in [1.29, 1.82) is 0 Å². The van der Waals surface area contributed by atoms with Gasteiger partial charge in [-0.2, -0.15) is 0 Å². The summed E-state index contributed by atoms with van der Waals surface area (Å²) in [6.45, 7) is 4.74. The summed E-state index contributed by atoms with van der Waals surface area (Å²) in [4.78, 5) is 29.8. The fraction of sp³-hybridized carbons (Fsp3) is 0.500. The van der Waals surface area contributed by atoms with Crippen LogP contribution in [0.2, 0.25) is 0 Å². The quantitative estimate of drug-likeness (QED) is 0.712. The minimum atomic E-state index is -0.149. The van der Waals surface area contributed by atoms with Crippen LogP contribution in [0.25, 0.3) is 0 Å². The van der Waals surface area contributed by atoms with Crippen molar-refractivity contribution in [3.8, 4) is 0 Å². The number of rotatable bonds is 7. The lowest BCUT2D eigenvalue weighted by Gasteiger charge is -2.33. The first kappa shape index (κ1) is 21.6. The molecule has 166 valence electrons.